The van der Waals surface area contributed by atoms with Crippen molar-refractivity contribution in [1.82, 2.24) is 0 Å². The Morgan fingerprint density at radius 1 is 1.00 bits per heavy atom. The van der Waals surface area contributed by atoms with Crippen LogP contribution in [0.5, 0.6) is 0 Å². The number of hydrogen-bond acceptors (Lipinski definition) is 0. The Morgan fingerprint density at radius 2 is 1.30 bits per heavy atom. The highest BCUT2D eigenvalue weighted by Crippen LogP contribution is 2.43. The van der Waals surface area contributed by atoms with Crippen LogP contribution in [0.2, 0.25) is 0 Å². The minimum atomic E-state index is -5.03. The zero-order valence-corrected chi connectivity index (χ0v) is 5.73. The maximum Gasteiger partial charge on any atom is 0.368 e. The van der Waals surface area contributed by atoms with Gasteiger partial charge in [0.15, 0.2) is 0 Å². The van der Waals surface area contributed by atoms with Gasteiger partial charge in [-0.3, -0.25) is 0 Å². The highest BCUT2D eigenvalue weighted by Gasteiger charge is 2.60. The van der Waals surface area contributed by atoms with Crippen molar-refractivity contribution >= 4 is 23.2 Å². The first-order chi connectivity index (χ1) is 4.19. The van der Waals surface area contributed by atoms with Gasteiger partial charge in [0.2, 0.25) is 0 Å². The van der Waals surface area contributed by atoms with E-state index in [4.69, 9.17) is 0 Å². The smallest absolute Gasteiger partial charge is 0.203 e. The fourth-order valence-corrected chi connectivity index (χ4v) is 0.289. The molecule has 0 aliphatic carbocycles. The van der Waals surface area contributed by atoms with E-state index in [1.807, 2.05) is 0 Å². The highest BCUT2D eigenvalue weighted by atomic mass is 35.5. The second kappa shape index (κ2) is 2.70. The van der Waals surface area contributed by atoms with E-state index in [0.717, 1.165) is 0 Å². The van der Waals surface area contributed by atoms with Gasteiger partial charge in [-0.15, -0.1) is 0 Å². The topological polar surface area (TPSA) is 0 Å². The lowest BCUT2D eigenvalue weighted by Crippen LogP contribution is -2.41. The van der Waals surface area contributed by atoms with Gasteiger partial charge in [0.25, 0.3) is 0 Å². The fourth-order valence-electron chi connectivity index (χ4n) is 0.124. The molecule has 0 atom stereocenters. The van der Waals surface area contributed by atoms with Crippen LogP contribution >= 0.6 is 23.2 Å². The lowest BCUT2D eigenvalue weighted by molar-refractivity contribution is -0.162. The first-order valence-electron chi connectivity index (χ1n) is 1.92. The maximum absolute atomic E-state index is 11.7. The molecular weight excluding hydrogens is 202 g/mol. The van der Waals surface area contributed by atoms with Crippen LogP contribution in [0.25, 0.3) is 0 Å². The molecule has 0 aromatic rings. The minimum Gasteiger partial charge on any atom is -0.203 e. The molecule has 0 aromatic carbocycles. The highest BCUT2D eigenvalue weighted by molar-refractivity contribution is 6.47. The van der Waals surface area contributed by atoms with Crippen molar-refractivity contribution in [3.63, 3.8) is 0 Å². The van der Waals surface area contributed by atoms with Gasteiger partial charge in [-0.25, -0.2) is 13.2 Å². The van der Waals surface area contributed by atoms with Crippen molar-refractivity contribution in [1.29, 1.82) is 0 Å². The molecule has 10 heavy (non-hydrogen) atoms. The van der Waals surface area contributed by atoms with E-state index >= 15 is 0 Å². The van der Waals surface area contributed by atoms with Crippen LogP contribution in [0.15, 0.2) is 0 Å². The zero-order valence-electron chi connectivity index (χ0n) is 4.22. The van der Waals surface area contributed by atoms with Crippen LogP contribution in [0.3, 0.4) is 0 Å². The Labute approximate surface area is 62.9 Å². The molecule has 0 fully saturated rings. The third-order valence-corrected chi connectivity index (χ3v) is 1.16. The van der Waals surface area contributed by atoms with Gasteiger partial charge >= 0.3 is 16.9 Å². The van der Waals surface area contributed by atoms with E-state index in [9.17, 15) is 22.0 Å². The van der Waals surface area contributed by atoms with Crippen LogP contribution < -0.4 is 0 Å². The van der Waals surface area contributed by atoms with Crippen LogP contribution in [-0.4, -0.2) is 16.9 Å². The Morgan fingerprint density at radius 3 is 1.30 bits per heavy atom. The van der Waals surface area contributed by atoms with Crippen molar-refractivity contribution in [2.24, 2.45) is 0 Å². The second-order valence-electron chi connectivity index (χ2n) is 1.42. The molecule has 0 spiro atoms. The summed E-state index contributed by atoms with van der Waals surface area (Å²) in [6, 6.07) is 0. The van der Waals surface area contributed by atoms with Crippen LogP contribution in [0.4, 0.5) is 22.0 Å². The molecule has 0 saturated heterocycles. The molecule has 7 heteroatoms. The standard InChI is InChI=1S/C3HCl2F5/c4-3(5,10)2(8,9)1(6)7/h1H. The molecule has 0 saturated carbocycles. The molecule has 0 unspecified atom stereocenters. The summed E-state index contributed by atoms with van der Waals surface area (Å²) in [5.41, 5.74) is 0. The summed E-state index contributed by atoms with van der Waals surface area (Å²) >= 11 is 8.18. The first-order valence-corrected chi connectivity index (χ1v) is 2.68. The van der Waals surface area contributed by atoms with Gasteiger partial charge in [-0.1, -0.05) is 23.2 Å². The lowest BCUT2D eigenvalue weighted by atomic mass is 10.4. The molecule has 0 aliphatic heterocycles. The average molecular weight is 203 g/mol. The zero-order chi connectivity index (χ0) is 8.58. The largest absolute Gasteiger partial charge is 0.368 e. The van der Waals surface area contributed by atoms with Crippen LogP contribution in [-0.2, 0) is 0 Å². The number of rotatable bonds is 2. The minimum absolute atomic E-state index is 4.09. The molecule has 0 rings (SSSR count). The van der Waals surface area contributed by atoms with Gasteiger partial charge in [-0.2, -0.15) is 8.78 Å². The van der Waals surface area contributed by atoms with Crippen molar-refractivity contribution in [3.8, 4) is 0 Å². The van der Waals surface area contributed by atoms with E-state index in [0.29, 0.717) is 0 Å². The molecule has 0 heterocycles. The van der Waals surface area contributed by atoms with E-state index in [1.165, 1.54) is 0 Å². The Bertz CT molecular complexity index is 117. The average Bonchev–Trinajstić information content (AvgIpc) is 1.62. The molecule has 0 N–H and O–H groups in total. The summed E-state index contributed by atoms with van der Waals surface area (Å²) in [6.07, 6.45) is -4.22. The Hall–Kier alpha value is 0.230. The van der Waals surface area contributed by atoms with Gasteiger partial charge in [0.05, 0.1) is 0 Å². The van der Waals surface area contributed by atoms with Crippen LogP contribution in [0.1, 0.15) is 0 Å². The van der Waals surface area contributed by atoms with E-state index < -0.39 is 16.9 Å². The van der Waals surface area contributed by atoms with Crippen molar-refractivity contribution < 1.29 is 22.0 Å². The quantitative estimate of drug-likeness (QED) is 0.477. The molecule has 0 nitrogen and oxygen atoms in total. The predicted molar refractivity (Wildman–Crippen MR) is 26.5 cm³/mol. The molecular formula is C3HCl2F5. The van der Waals surface area contributed by atoms with Crippen molar-refractivity contribution in [3.05, 3.63) is 0 Å². The predicted octanol–water partition coefficient (Wildman–Crippen LogP) is 2.99. The molecule has 0 aromatic heterocycles. The van der Waals surface area contributed by atoms with Gasteiger partial charge in [0.1, 0.15) is 0 Å². The van der Waals surface area contributed by atoms with Crippen LogP contribution in [0, 0.1) is 0 Å². The maximum atomic E-state index is 11.7. The van der Waals surface area contributed by atoms with E-state index in [-0.39, 0.29) is 0 Å². The van der Waals surface area contributed by atoms with Gasteiger partial charge in [0, 0.05) is 0 Å². The third-order valence-electron chi connectivity index (χ3n) is 0.652. The lowest BCUT2D eigenvalue weighted by Gasteiger charge is -2.20. The normalized spacial score (nSPS) is 14.4. The summed E-state index contributed by atoms with van der Waals surface area (Å²) in [5.74, 6) is -5.03. The molecule has 0 aliphatic rings. The summed E-state index contributed by atoms with van der Waals surface area (Å²) in [5, 5.41) is 0. The van der Waals surface area contributed by atoms with Gasteiger partial charge in [-0.05, 0) is 0 Å². The number of halogens is 7. The number of alkyl halides is 7. The van der Waals surface area contributed by atoms with E-state index in [2.05, 4.69) is 23.2 Å². The molecule has 0 amide bonds. The third kappa shape index (κ3) is 1.85. The molecule has 62 valence electrons. The fraction of sp³-hybridized carbons (Fsp3) is 1.00. The molecule has 0 radical (unpaired) electrons. The summed E-state index contributed by atoms with van der Waals surface area (Å²) < 4.78 is 53.1. The Kier molecular flexibility index (Phi) is 2.76. The monoisotopic (exact) mass is 202 g/mol. The Balaban J connectivity index is 4.40. The second-order valence-corrected chi connectivity index (χ2v) is 2.66. The molecule has 0 bridgehead atoms. The number of hydrogen-bond donors (Lipinski definition) is 0. The van der Waals surface area contributed by atoms with E-state index in [1.54, 1.807) is 0 Å². The summed E-state index contributed by atoms with van der Waals surface area (Å²) in [7, 11) is 0. The van der Waals surface area contributed by atoms with Crippen molar-refractivity contribution in [2.45, 2.75) is 16.9 Å². The van der Waals surface area contributed by atoms with Crippen molar-refractivity contribution in [2.75, 3.05) is 0 Å². The summed E-state index contributed by atoms with van der Waals surface area (Å²) in [4.78, 5) is 0. The first kappa shape index (κ1) is 10.2. The van der Waals surface area contributed by atoms with Gasteiger partial charge < -0.3 is 0 Å². The summed E-state index contributed by atoms with van der Waals surface area (Å²) in [6.45, 7) is 0. The SMILES string of the molecule is FC(F)C(F)(F)C(F)(Cl)Cl.